The van der Waals surface area contributed by atoms with Gasteiger partial charge in [-0.1, -0.05) is 18.2 Å². The number of aromatic nitrogens is 1. The van der Waals surface area contributed by atoms with E-state index in [0.717, 1.165) is 5.56 Å². The highest BCUT2D eigenvalue weighted by molar-refractivity contribution is 7.92. The highest BCUT2D eigenvalue weighted by Gasteiger charge is 2.15. The molecule has 1 heterocycles. The molecular formula is C20H16N2O4S. The lowest BCUT2D eigenvalue weighted by Crippen LogP contribution is -2.12. The number of fused-ring (bicyclic) bond motifs is 1. The molecule has 27 heavy (non-hydrogen) atoms. The molecule has 7 heteroatoms. The van der Waals surface area contributed by atoms with Gasteiger partial charge in [-0.25, -0.2) is 13.4 Å². The third kappa shape index (κ3) is 3.50. The average molecular weight is 380 g/mol. The van der Waals surface area contributed by atoms with Crippen LogP contribution in [0.4, 0.5) is 5.69 Å². The Bertz CT molecular complexity index is 1180. The zero-order valence-electron chi connectivity index (χ0n) is 14.4. The zero-order valence-corrected chi connectivity index (χ0v) is 15.2. The summed E-state index contributed by atoms with van der Waals surface area (Å²) >= 11 is 0. The number of nitrogens with one attached hydrogen (secondary N) is 1. The predicted molar refractivity (Wildman–Crippen MR) is 103 cm³/mol. The maximum Gasteiger partial charge on any atom is 0.261 e. The first-order valence-corrected chi connectivity index (χ1v) is 9.66. The minimum absolute atomic E-state index is 0.147. The van der Waals surface area contributed by atoms with Gasteiger partial charge in [0.15, 0.2) is 5.58 Å². The van der Waals surface area contributed by atoms with Gasteiger partial charge in [0.05, 0.1) is 17.7 Å². The second-order valence-corrected chi connectivity index (χ2v) is 7.53. The van der Waals surface area contributed by atoms with Crippen molar-refractivity contribution in [2.24, 2.45) is 0 Å². The lowest BCUT2D eigenvalue weighted by atomic mass is 10.2. The Morgan fingerprint density at radius 3 is 2.41 bits per heavy atom. The van der Waals surface area contributed by atoms with E-state index in [2.05, 4.69) is 9.71 Å². The molecular weight excluding hydrogens is 364 g/mol. The number of hydrogen-bond acceptors (Lipinski definition) is 5. The van der Waals surface area contributed by atoms with Crippen molar-refractivity contribution in [3.05, 3.63) is 72.8 Å². The van der Waals surface area contributed by atoms with Crippen LogP contribution in [0.2, 0.25) is 0 Å². The molecule has 0 aliphatic heterocycles. The second kappa shape index (κ2) is 6.77. The lowest BCUT2D eigenvalue weighted by Gasteiger charge is -2.08. The van der Waals surface area contributed by atoms with Gasteiger partial charge >= 0.3 is 0 Å². The zero-order chi connectivity index (χ0) is 18.9. The Hall–Kier alpha value is -3.32. The first-order chi connectivity index (χ1) is 13.0. The molecule has 6 nitrogen and oxygen atoms in total. The van der Waals surface area contributed by atoms with Crippen LogP contribution in [-0.4, -0.2) is 20.5 Å². The van der Waals surface area contributed by atoms with Gasteiger partial charge in [-0.3, -0.25) is 4.72 Å². The fraction of sp³-hybridized carbons (Fsp3) is 0.0500. The average Bonchev–Trinajstić information content (AvgIpc) is 3.12. The van der Waals surface area contributed by atoms with E-state index < -0.39 is 10.0 Å². The number of sulfonamides is 1. The molecule has 0 fully saturated rings. The Morgan fingerprint density at radius 2 is 1.70 bits per heavy atom. The summed E-state index contributed by atoms with van der Waals surface area (Å²) < 4.78 is 38.5. The number of ether oxygens (including phenoxy) is 1. The first-order valence-electron chi connectivity index (χ1n) is 8.18. The minimum Gasteiger partial charge on any atom is -0.497 e. The molecule has 0 spiro atoms. The quantitative estimate of drug-likeness (QED) is 0.558. The molecule has 0 aliphatic carbocycles. The van der Waals surface area contributed by atoms with Crippen LogP contribution in [0.1, 0.15) is 0 Å². The van der Waals surface area contributed by atoms with Crippen LogP contribution in [0.15, 0.2) is 82.1 Å². The number of benzene rings is 3. The van der Waals surface area contributed by atoms with E-state index in [4.69, 9.17) is 9.15 Å². The highest BCUT2D eigenvalue weighted by atomic mass is 32.2. The van der Waals surface area contributed by atoms with Crippen molar-refractivity contribution in [1.29, 1.82) is 0 Å². The fourth-order valence-corrected chi connectivity index (χ4v) is 3.71. The molecule has 0 radical (unpaired) electrons. The summed E-state index contributed by atoms with van der Waals surface area (Å²) in [6, 6.07) is 20.7. The standard InChI is InChI=1S/C20H16N2O4S/c1-25-16-8-10-17(11-9-16)27(23,24)22-15-7-12-19-18(13-15)21-20(26-19)14-5-3-2-4-6-14/h2-13,22H,1H3. The largest absolute Gasteiger partial charge is 0.497 e. The first kappa shape index (κ1) is 17.1. The molecule has 1 N–H and O–H groups in total. The summed E-state index contributed by atoms with van der Waals surface area (Å²) in [4.78, 5) is 4.60. The predicted octanol–water partition coefficient (Wildman–Crippen LogP) is 4.30. The summed E-state index contributed by atoms with van der Waals surface area (Å²) in [6.07, 6.45) is 0. The molecule has 0 amide bonds. The molecule has 136 valence electrons. The number of hydrogen-bond donors (Lipinski definition) is 1. The Labute approximate surface area is 156 Å². The summed E-state index contributed by atoms with van der Waals surface area (Å²) in [5.41, 5.74) is 2.42. The van der Waals surface area contributed by atoms with Crippen LogP contribution in [0.25, 0.3) is 22.6 Å². The molecule has 1 aromatic heterocycles. The topological polar surface area (TPSA) is 81.4 Å². The van der Waals surface area contributed by atoms with E-state index in [0.29, 0.717) is 28.4 Å². The molecule has 4 rings (SSSR count). The Morgan fingerprint density at radius 1 is 0.963 bits per heavy atom. The Balaban J connectivity index is 1.63. The molecule has 0 aliphatic rings. The van der Waals surface area contributed by atoms with Crippen molar-refractivity contribution in [3.8, 4) is 17.2 Å². The minimum atomic E-state index is -3.72. The van der Waals surface area contributed by atoms with Crippen molar-refractivity contribution < 1.29 is 17.6 Å². The monoisotopic (exact) mass is 380 g/mol. The maximum absolute atomic E-state index is 12.6. The summed E-state index contributed by atoms with van der Waals surface area (Å²) in [6.45, 7) is 0. The fourth-order valence-electron chi connectivity index (χ4n) is 2.66. The van der Waals surface area contributed by atoms with Crippen LogP contribution >= 0.6 is 0 Å². The van der Waals surface area contributed by atoms with Crippen LogP contribution in [0.3, 0.4) is 0 Å². The van der Waals surface area contributed by atoms with Crippen molar-refractivity contribution in [3.63, 3.8) is 0 Å². The molecule has 0 bridgehead atoms. The van der Waals surface area contributed by atoms with E-state index >= 15 is 0 Å². The summed E-state index contributed by atoms with van der Waals surface area (Å²) in [7, 11) is -2.19. The van der Waals surface area contributed by atoms with Gasteiger partial charge in [0.1, 0.15) is 11.3 Å². The number of anilines is 1. The van der Waals surface area contributed by atoms with Gasteiger partial charge in [-0.15, -0.1) is 0 Å². The molecule has 0 saturated carbocycles. The molecule has 0 atom stereocenters. The molecule has 4 aromatic rings. The molecule has 0 saturated heterocycles. The third-order valence-corrected chi connectivity index (χ3v) is 5.43. The normalized spacial score (nSPS) is 11.4. The van der Waals surface area contributed by atoms with Crippen molar-refractivity contribution in [1.82, 2.24) is 4.98 Å². The van der Waals surface area contributed by atoms with E-state index in [1.54, 1.807) is 30.3 Å². The van der Waals surface area contributed by atoms with E-state index in [1.165, 1.54) is 19.2 Å². The number of methoxy groups -OCH3 is 1. The number of rotatable bonds is 5. The number of nitrogens with zero attached hydrogens (tertiary/aromatic N) is 1. The lowest BCUT2D eigenvalue weighted by molar-refractivity contribution is 0.414. The second-order valence-electron chi connectivity index (χ2n) is 5.85. The van der Waals surface area contributed by atoms with E-state index in [-0.39, 0.29) is 4.90 Å². The van der Waals surface area contributed by atoms with E-state index in [1.807, 2.05) is 30.3 Å². The van der Waals surface area contributed by atoms with Crippen molar-refractivity contribution in [2.75, 3.05) is 11.8 Å². The van der Waals surface area contributed by atoms with Gasteiger partial charge in [0.2, 0.25) is 5.89 Å². The summed E-state index contributed by atoms with van der Waals surface area (Å²) in [5, 5.41) is 0. The third-order valence-electron chi connectivity index (χ3n) is 4.03. The molecule has 3 aromatic carbocycles. The SMILES string of the molecule is COc1ccc(S(=O)(=O)Nc2ccc3oc(-c4ccccc4)nc3c2)cc1. The van der Waals surface area contributed by atoms with Crippen LogP contribution in [0, 0.1) is 0 Å². The van der Waals surface area contributed by atoms with Crippen molar-refractivity contribution >= 4 is 26.8 Å². The highest BCUT2D eigenvalue weighted by Crippen LogP contribution is 2.27. The Kier molecular flexibility index (Phi) is 4.29. The van der Waals surface area contributed by atoms with Gasteiger partial charge in [-0.2, -0.15) is 0 Å². The van der Waals surface area contributed by atoms with Crippen LogP contribution in [-0.2, 0) is 10.0 Å². The van der Waals surface area contributed by atoms with Gasteiger partial charge < -0.3 is 9.15 Å². The number of oxazole rings is 1. The van der Waals surface area contributed by atoms with Gasteiger partial charge in [-0.05, 0) is 54.6 Å². The van der Waals surface area contributed by atoms with Crippen molar-refractivity contribution in [2.45, 2.75) is 4.90 Å². The summed E-state index contributed by atoms with van der Waals surface area (Å²) in [5.74, 6) is 1.08. The van der Waals surface area contributed by atoms with Gasteiger partial charge in [0.25, 0.3) is 10.0 Å². The maximum atomic E-state index is 12.6. The van der Waals surface area contributed by atoms with E-state index in [9.17, 15) is 8.42 Å². The smallest absolute Gasteiger partial charge is 0.261 e. The molecule has 0 unspecified atom stereocenters. The van der Waals surface area contributed by atoms with Crippen LogP contribution in [0.5, 0.6) is 5.75 Å². The van der Waals surface area contributed by atoms with Crippen LogP contribution < -0.4 is 9.46 Å². The van der Waals surface area contributed by atoms with Gasteiger partial charge in [0, 0.05) is 5.56 Å².